The summed E-state index contributed by atoms with van der Waals surface area (Å²) in [6, 6.07) is 59.7. The van der Waals surface area contributed by atoms with E-state index in [0.717, 1.165) is 33.4 Å². The molecule has 4 heteroatoms. The number of hydrogen-bond acceptors (Lipinski definition) is 2. The van der Waals surface area contributed by atoms with E-state index in [2.05, 4.69) is 169 Å². The summed E-state index contributed by atoms with van der Waals surface area (Å²) < 4.78 is 0. The summed E-state index contributed by atoms with van der Waals surface area (Å²) in [6.07, 6.45) is 3.93. The Morgan fingerprint density at radius 1 is 0.522 bits per heavy atom. The molecule has 3 nitrogen and oxygen atoms in total. The number of allylic oxidation sites excluding steroid dienone is 2. The summed E-state index contributed by atoms with van der Waals surface area (Å²) in [5.74, 6) is 0.493. The molecular weight excluding hydrogens is 577 g/mol. The molecule has 7 rings (SSSR count). The molecule has 0 spiro atoms. The highest BCUT2D eigenvalue weighted by Gasteiger charge is 2.20. The van der Waals surface area contributed by atoms with Crippen molar-refractivity contribution in [1.82, 2.24) is 5.32 Å². The molecule has 0 fully saturated rings. The number of nitrogens with two attached hydrogens (primary N) is 1. The van der Waals surface area contributed by atoms with Gasteiger partial charge in [0.2, 0.25) is 0 Å². The molecule has 0 saturated carbocycles. The molecule has 0 radical (unpaired) electrons. The van der Waals surface area contributed by atoms with E-state index >= 15 is 0 Å². The molecule has 0 aromatic heterocycles. The van der Waals surface area contributed by atoms with Crippen LogP contribution in [0.5, 0.6) is 0 Å². The molecule has 46 heavy (non-hydrogen) atoms. The van der Waals surface area contributed by atoms with E-state index in [-0.39, 0.29) is 6.17 Å². The Hall–Kier alpha value is -5.50. The zero-order valence-electron chi connectivity index (χ0n) is 25.4. The molecule has 6 aromatic carbocycles. The van der Waals surface area contributed by atoms with Crippen molar-refractivity contribution in [3.63, 3.8) is 0 Å². The first kappa shape index (κ1) is 29.2. The standard InChI is InChI=1S/C42H34N3P/c43-41(45-42-40(33-16-7-2-8-17-33)29-36(30-44-42)31-14-5-1-6-15-31)34-26-24-32(25-27-34)35-18-13-23-39(28-35)46(37-19-9-3-10-20-37)38-21-11-4-12-22-38/h1-30,42,44H,(H2,43,45). The predicted molar refractivity (Wildman–Crippen MR) is 197 cm³/mol. The minimum absolute atomic E-state index is 0.304. The first-order chi connectivity index (χ1) is 22.7. The van der Waals surface area contributed by atoms with Crippen molar-refractivity contribution in [2.45, 2.75) is 6.17 Å². The normalized spacial score (nSPS) is 14.7. The Morgan fingerprint density at radius 3 is 1.65 bits per heavy atom. The van der Waals surface area contributed by atoms with Crippen LogP contribution in [0, 0.1) is 0 Å². The van der Waals surface area contributed by atoms with E-state index in [0.29, 0.717) is 5.84 Å². The second-order valence-electron chi connectivity index (χ2n) is 11.1. The fourth-order valence-electron chi connectivity index (χ4n) is 5.80. The van der Waals surface area contributed by atoms with Gasteiger partial charge in [0.1, 0.15) is 12.0 Å². The third-order valence-electron chi connectivity index (χ3n) is 8.13. The first-order valence-corrected chi connectivity index (χ1v) is 16.8. The molecule has 0 saturated heterocycles. The Labute approximate surface area is 272 Å². The maximum absolute atomic E-state index is 6.66. The van der Waals surface area contributed by atoms with Gasteiger partial charge in [-0.2, -0.15) is 0 Å². The van der Waals surface area contributed by atoms with Gasteiger partial charge in [-0.15, -0.1) is 0 Å². The van der Waals surface area contributed by atoms with Crippen LogP contribution < -0.4 is 27.0 Å². The fraction of sp³-hybridized carbons (Fsp3) is 0.0238. The van der Waals surface area contributed by atoms with E-state index < -0.39 is 7.92 Å². The summed E-state index contributed by atoms with van der Waals surface area (Å²) in [4.78, 5) is 4.97. The van der Waals surface area contributed by atoms with Gasteiger partial charge >= 0.3 is 0 Å². The van der Waals surface area contributed by atoms with Gasteiger partial charge in [-0.05, 0) is 63.8 Å². The topological polar surface area (TPSA) is 50.4 Å². The van der Waals surface area contributed by atoms with Crippen molar-refractivity contribution in [2.75, 3.05) is 0 Å². The number of rotatable bonds is 8. The minimum Gasteiger partial charge on any atom is -0.383 e. The number of hydrogen-bond donors (Lipinski definition) is 2. The average molecular weight is 612 g/mol. The lowest BCUT2D eigenvalue weighted by Crippen LogP contribution is -2.30. The Morgan fingerprint density at radius 2 is 1.04 bits per heavy atom. The van der Waals surface area contributed by atoms with Crippen LogP contribution in [-0.2, 0) is 0 Å². The molecule has 1 atom stereocenters. The zero-order chi connectivity index (χ0) is 31.1. The number of benzene rings is 6. The molecule has 222 valence electrons. The SMILES string of the molecule is NC(=NC1NC=C(c2ccccc2)C=C1c1ccccc1)c1ccc(-c2cccc(P(c3ccccc3)c3ccccc3)c2)cc1. The van der Waals surface area contributed by atoms with Gasteiger partial charge in [-0.1, -0.05) is 164 Å². The second kappa shape index (κ2) is 13.6. The summed E-state index contributed by atoms with van der Waals surface area (Å²) in [5.41, 5.74) is 14.3. The molecule has 0 aliphatic carbocycles. The Bertz CT molecular complexity index is 1960. The molecule has 1 aliphatic rings. The van der Waals surface area contributed by atoms with E-state index in [1.54, 1.807) is 0 Å². The quantitative estimate of drug-likeness (QED) is 0.105. The second-order valence-corrected chi connectivity index (χ2v) is 13.4. The van der Waals surface area contributed by atoms with Crippen LogP contribution in [0.3, 0.4) is 0 Å². The maximum Gasteiger partial charge on any atom is 0.147 e. The van der Waals surface area contributed by atoms with Crippen LogP contribution in [0.1, 0.15) is 16.7 Å². The smallest absolute Gasteiger partial charge is 0.147 e. The van der Waals surface area contributed by atoms with Gasteiger partial charge in [-0.25, -0.2) is 4.99 Å². The molecule has 1 heterocycles. The molecule has 3 N–H and O–H groups in total. The summed E-state index contributed by atoms with van der Waals surface area (Å²) in [6.45, 7) is 0. The third-order valence-corrected chi connectivity index (χ3v) is 10.6. The minimum atomic E-state index is -0.677. The lowest BCUT2D eigenvalue weighted by molar-refractivity contribution is 0.749. The molecule has 0 amide bonds. The zero-order valence-corrected chi connectivity index (χ0v) is 26.3. The first-order valence-electron chi connectivity index (χ1n) is 15.5. The monoisotopic (exact) mass is 611 g/mol. The lowest BCUT2D eigenvalue weighted by Gasteiger charge is -2.24. The average Bonchev–Trinajstić information content (AvgIpc) is 3.14. The highest BCUT2D eigenvalue weighted by atomic mass is 31.1. The number of nitrogens with one attached hydrogen (secondary N) is 1. The van der Waals surface area contributed by atoms with Crippen LogP contribution in [0.4, 0.5) is 0 Å². The fourth-order valence-corrected chi connectivity index (χ4v) is 8.13. The molecule has 6 aromatic rings. The van der Waals surface area contributed by atoms with Crippen molar-refractivity contribution in [1.29, 1.82) is 0 Å². The lowest BCUT2D eigenvalue weighted by atomic mass is 9.95. The number of nitrogens with zero attached hydrogens (tertiary/aromatic N) is 1. The van der Waals surface area contributed by atoms with E-state index in [4.69, 9.17) is 10.7 Å². The van der Waals surface area contributed by atoms with E-state index in [1.807, 2.05) is 18.3 Å². The Balaban J connectivity index is 1.16. The Kier molecular flexibility index (Phi) is 8.67. The van der Waals surface area contributed by atoms with Crippen LogP contribution in [0.15, 0.2) is 187 Å². The van der Waals surface area contributed by atoms with E-state index in [1.165, 1.54) is 21.5 Å². The van der Waals surface area contributed by atoms with Crippen molar-refractivity contribution >= 4 is 40.8 Å². The number of amidine groups is 1. The summed E-state index contributed by atoms with van der Waals surface area (Å²) in [7, 11) is -0.677. The van der Waals surface area contributed by atoms with Crippen LogP contribution >= 0.6 is 7.92 Å². The third kappa shape index (κ3) is 6.47. The molecule has 1 unspecified atom stereocenters. The molecule has 1 aliphatic heterocycles. The van der Waals surface area contributed by atoms with Crippen molar-refractivity contribution in [3.8, 4) is 11.1 Å². The molecular formula is C42H34N3P. The van der Waals surface area contributed by atoms with E-state index in [9.17, 15) is 0 Å². The van der Waals surface area contributed by atoms with Crippen LogP contribution in [-0.4, -0.2) is 12.0 Å². The van der Waals surface area contributed by atoms with Gasteiger partial charge in [0.15, 0.2) is 0 Å². The van der Waals surface area contributed by atoms with Gasteiger partial charge in [0, 0.05) is 17.3 Å². The van der Waals surface area contributed by atoms with Crippen LogP contribution in [0.25, 0.3) is 22.3 Å². The summed E-state index contributed by atoms with van der Waals surface area (Å²) in [5, 5.41) is 7.50. The van der Waals surface area contributed by atoms with Gasteiger partial charge in [-0.3, -0.25) is 0 Å². The number of aliphatic imine (C=N–C) groups is 1. The number of dihydropyridines is 1. The van der Waals surface area contributed by atoms with Crippen molar-refractivity contribution in [2.24, 2.45) is 10.7 Å². The maximum atomic E-state index is 6.66. The predicted octanol–water partition coefficient (Wildman–Crippen LogP) is 7.87. The largest absolute Gasteiger partial charge is 0.383 e. The van der Waals surface area contributed by atoms with Gasteiger partial charge in [0.25, 0.3) is 0 Å². The molecule has 0 bridgehead atoms. The highest BCUT2D eigenvalue weighted by molar-refractivity contribution is 7.79. The van der Waals surface area contributed by atoms with Crippen LogP contribution in [0.2, 0.25) is 0 Å². The van der Waals surface area contributed by atoms with Crippen molar-refractivity contribution in [3.05, 3.63) is 199 Å². The summed E-state index contributed by atoms with van der Waals surface area (Å²) >= 11 is 0. The highest BCUT2D eigenvalue weighted by Crippen LogP contribution is 2.34. The van der Waals surface area contributed by atoms with Gasteiger partial charge in [0.05, 0.1) is 0 Å². The van der Waals surface area contributed by atoms with Crippen molar-refractivity contribution < 1.29 is 0 Å². The van der Waals surface area contributed by atoms with Gasteiger partial charge < -0.3 is 11.1 Å².